The van der Waals surface area contributed by atoms with Gasteiger partial charge in [0.25, 0.3) is 0 Å². The molecule has 21 heavy (non-hydrogen) atoms. The van der Waals surface area contributed by atoms with Gasteiger partial charge in [-0.3, -0.25) is 0 Å². The minimum atomic E-state index is -3.83. The van der Waals surface area contributed by atoms with E-state index in [1.54, 1.807) is 36.4 Å². The van der Waals surface area contributed by atoms with Gasteiger partial charge in [0, 0.05) is 11.1 Å². The van der Waals surface area contributed by atoms with E-state index < -0.39 is 9.84 Å². The highest BCUT2D eigenvalue weighted by Gasteiger charge is 2.25. The fourth-order valence-corrected chi connectivity index (χ4v) is 4.10. The van der Waals surface area contributed by atoms with Gasteiger partial charge in [0.1, 0.15) is 9.98 Å². The lowest BCUT2D eigenvalue weighted by Crippen LogP contribution is -2.18. The molecule has 0 aromatic heterocycles. The van der Waals surface area contributed by atoms with Crippen molar-refractivity contribution in [3.63, 3.8) is 0 Å². The minimum Gasteiger partial charge on any atom is -0.389 e. The second-order valence-electron chi connectivity index (χ2n) is 4.22. The van der Waals surface area contributed by atoms with E-state index in [1.807, 2.05) is 0 Å². The van der Waals surface area contributed by atoms with E-state index in [4.69, 9.17) is 35.9 Å². The molecule has 0 aliphatic carbocycles. The molecule has 0 saturated carbocycles. The van der Waals surface area contributed by atoms with Gasteiger partial charge in [-0.2, -0.15) is 0 Å². The van der Waals surface area contributed by atoms with Gasteiger partial charge in [0.15, 0.2) is 0 Å². The van der Waals surface area contributed by atoms with Crippen LogP contribution in [0.4, 0.5) is 0 Å². The second kappa shape index (κ2) is 5.88. The number of thiocarbonyl (C=S) groups is 2. The first-order valence-corrected chi connectivity index (χ1v) is 8.18. The van der Waals surface area contributed by atoms with Crippen molar-refractivity contribution in [2.75, 3.05) is 0 Å². The average Bonchev–Trinajstić information content (AvgIpc) is 2.47. The van der Waals surface area contributed by atoms with Crippen LogP contribution in [0.3, 0.4) is 0 Å². The maximum Gasteiger partial charge on any atom is 0.207 e. The van der Waals surface area contributed by atoms with Gasteiger partial charge in [-0.1, -0.05) is 60.8 Å². The third-order valence-corrected chi connectivity index (χ3v) is 5.19. The molecule has 0 radical (unpaired) electrons. The van der Waals surface area contributed by atoms with Crippen molar-refractivity contribution < 1.29 is 8.42 Å². The van der Waals surface area contributed by atoms with E-state index >= 15 is 0 Å². The second-order valence-corrected chi connectivity index (χ2v) is 6.99. The van der Waals surface area contributed by atoms with Crippen molar-refractivity contribution in [3.8, 4) is 0 Å². The summed E-state index contributed by atoms with van der Waals surface area (Å²) in [5, 5.41) is 0. The van der Waals surface area contributed by atoms with Crippen molar-refractivity contribution in [2.45, 2.75) is 9.79 Å². The first-order chi connectivity index (χ1) is 9.85. The Hall–Kier alpha value is -1.83. The standard InChI is InChI=1S/C14H12N2O2S3/c15-13(19)9-5-1-3-7-11(9)21(17,18)12-8-4-2-6-10(12)14(16)20/h1-8H,(H2,15,19)(H2,16,20). The summed E-state index contributed by atoms with van der Waals surface area (Å²) in [6.07, 6.45) is 0. The Kier molecular flexibility index (Phi) is 4.36. The average molecular weight is 336 g/mol. The maximum atomic E-state index is 12.9. The van der Waals surface area contributed by atoms with Crippen molar-refractivity contribution in [1.82, 2.24) is 0 Å². The third-order valence-electron chi connectivity index (χ3n) is 2.88. The summed E-state index contributed by atoms with van der Waals surface area (Å²) < 4.78 is 25.7. The van der Waals surface area contributed by atoms with Crippen molar-refractivity contribution >= 4 is 44.3 Å². The lowest BCUT2D eigenvalue weighted by atomic mass is 10.2. The Labute approximate surface area is 133 Å². The van der Waals surface area contributed by atoms with Crippen LogP contribution >= 0.6 is 24.4 Å². The summed E-state index contributed by atoms with van der Waals surface area (Å²) >= 11 is 9.83. The zero-order valence-electron chi connectivity index (χ0n) is 10.8. The SMILES string of the molecule is NC(=S)c1ccccc1S(=O)(=O)c1ccccc1C(N)=S. The molecule has 0 saturated heterocycles. The van der Waals surface area contributed by atoms with Gasteiger partial charge < -0.3 is 11.5 Å². The monoisotopic (exact) mass is 336 g/mol. The lowest BCUT2D eigenvalue weighted by molar-refractivity contribution is 0.596. The van der Waals surface area contributed by atoms with Crippen LogP contribution in [0.2, 0.25) is 0 Å². The van der Waals surface area contributed by atoms with Crippen LogP contribution < -0.4 is 11.5 Å². The summed E-state index contributed by atoms with van der Waals surface area (Å²) in [4.78, 5) is 0.117. The summed E-state index contributed by atoms with van der Waals surface area (Å²) in [5.41, 5.74) is 11.8. The van der Waals surface area contributed by atoms with Gasteiger partial charge in [-0.05, 0) is 12.1 Å². The predicted octanol–water partition coefficient (Wildman–Crippen LogP) is 1.79. The van der Waals surface area contributed by atoms with Crippen LogP contribution in [-0.4, -0.2) is 18.4 Å². The highest BCUT2D eigenvalue weighted by atomic mass is 32.2. The van der Waals surface area contributed by atoms with E-state index in [-0.39, 0.29) is 19.8 Å². The van der Waals surface area contributed by atoms with Gasteiger partial charge in [0.2, 0.25) is 9.84 Å². The normalized spacial score (nSPS) is 11.0. The third kappa shape index (κ3) is 2.94. The first kappa shape index (κ1) is 15.6. The Bertz CT molecular complexity index is 766. The number of hydrogen-bond acceptors (Lipinski definition) is 4. The molecule has 2 aromatic rings. The molecule has 0 spiro atoms. The maximum absolute atomic E-state index is 12.9. The van der Waals surface area contributed by atoms with Crippen molar-refractivity contribution in [2.24, 2.45) is 11.5 Å². The summed E-state index contributed by atoms with van der Waals surface area (Å²) in [7, 11) is -3.83. The molecular formula is C14H12N2O2S3. The molecule has 108 valence electrons. The van der Waals surface area contributed by atoms with Crippen molar-refractivity contribution in [1.29, 1.82) is 0 Å². The summed E-state index contributed by atoms with van der Waals surface area (Å²) in [6, 6.07) is 12.6. The Morgan fingerprint density at radius 1 is 0.762 bits per heavy atom. The summed E-state index contributed by atoms with van der Waals surface area (Å²) in [5.74, 6) is 0. The van der Waals surface area contributed by atoms with Gasteiger partial charge in [-0.15, -0.1) is 0 Å². The fraction of sp³-hybridized carbons (Fsp3) is 0. The molecule has 7 heteroatoms. The highest BCUT2D eigenvalue weighted by Crippen LogP contribution is 2.26. The van der Waals surface area contributed by atoms with Crippen LogP contribution in [0, 0.1) is 0 Å². The van der Waals surface area contributed by atoms with E-state index in [0.717, 1.165) is 0 Å². The molecule has 2 rings (SSSR count). The van der Waals surface area contributed by atoms with Gasteiger partial charge >= 0.3 is 0 Å². The fourth-order valence-electron chi connectivity index (χ4n) is 1.93. The summed E-state index contributed by atoms with van der Waals surface area (Å²) in [6.45, 7) is 0. The topological polar surface area (TPSA) is 86.2 Å². The molecule has 2 aromatic carbocycles. The number of benzene rings is 2. The van der Waals surface area contributed by atoms with Crippen molar-refractivity contribution in [3.05, 3.63) is 59.7 Å². The van der Waals surface area contributed by atoms with Gasteiger partial charge in [-0.25, -0.2) is 8.42 Å². The molecular weight excluding hydrogens is 324 g/mol. The van der Waals surface area contributed by atoms with E-state index in [1.165, 1.54) is 12.1 Å². The number of nitrogens with two attached hydrogens (primary N) is 2. The quantitative estimate of drug-likeness (QED) is 0.828. The van der Waals surface area contributed by atoms with Crippen LogP contribution in [-0.2, 0) is 9.84 Å². The molecule has 0 bridgehead atoms. The van der Waals surface area contributed by atoms with E-state index in [0.29, 0.717) is 11.1 Å². The molecule has 0 aliphatic heterocycles. The smallest absolute Gasteiger partial charge is 0.207 e. The van der Waals surface area contributed by atoms with Gasteiger partial charge in [0.05, 0.1) is 9.79 Å². The molecule has 0 fully saturated rings. The zero-order valence-corrected chi connectivity index (χ0v) is 13.3. The molecule has 0 unspecified atom stereocenters. The molecule has 0 aliphatic rings. The Balaban J connectivity index is 2.76. The predicted molar refractivity (Wildman–Crippen MR) is 90.1 cm³/mol. The van der Waals surface area contributed by atoms with Crippen LogP contribution in [0.1, 0.15) is 11.1 Å². The molecule has 0 atom stereocenters. The van der Waals surface area contributed by atoms with Crippen LogP contribution in [0.5, 0.6) is 0 Å². The Morgan fingerprint density at radius 2 is 1.10 bits per heavy atom. The number of sulfone groups is 1. The molecule has 0 heterocycles. The zero-order chi connectivity index (χ0) is 15.6. The lowest BCUT2D eigenvalue weighted by Gasteiger charge is -2.12. The number of hydrogen-bond donors (Lipinski definition) is 2. The van der Waals surface area contributed by atoms with Crippen LogP contribution in [0.25, 0.3) is 0 Å². The van der Waals surface area contributed by atoms with E-state index in [2.05, 4.69) is 0 Å². The number of rotatable bonds is 4. The molecule has 4 N–H and O–H groups in total. The molecule has 0 amide bonds. The minimum absolute atomic E-state index is 0.0157. The van der Waals surface area contributed by atoms with Crippen LogP contribution in [0.15, 0.2) is 58.3 Å². The van der Waals surface area contributed by atoms with E-state index in [9.17, 15) is 8.42 Å². The molecule has 4 nitrogen and oxygen atoms in total. The first-order valence-electron chi connectivity index (χ1n) is 5.88. The Morgan fingerprint density at radius 3 is 1.43 bits per heavy atom. The largest absolute Gasteiger partial charge is 0.389 e. The highest BCUT2D eigenvalue weighted by molar-refractivity contribution is 7.92.